The van der Waals surface area contributed by atoms with Gasteiger partial charge in [-0.1, -0.05) is 22.1 Å². The van der Waals surface area contributed by atoms with Crippen molar-refractivity contribution in [1.29, 1.82) is 0 Å². The Hall–Kier alpha value is 0.247. The van der Waals surface area contributed by atoms with E-state index in [1.807, 2.05) is 14.1 Å². The quantitative estimate of drug-likeness (QED) is 0.438. The summed E-state index contributed by atoms with van der Waals surface area (Å²) in [6.45, 7) is 1.88. The number of aromatic nitrogens is 2. The molecular formula is C7H11BrLiN3. The Morgan fingerprint density at radius 3 is 2.75 bits per heavy atom. The smallest absolute Gasteiger partial charge is 0.374 e. The monoisotopic (exact) mass is 223 g/mol. The number of likely N-dealkylation sites (N-methyl/N-ethyl adjacent to an activating group) is 1. The van der Waals surface area contributed by atoms with E-state index in [4.69, 9.17) is 0 Å². The Morgan fingerprint density at radius 2 is 2.33 bits per heavy atom. The second-order valence-corrected chi connectivity index (χ2v) is 3.49. The second kappa shape index (κ2) is 5.82. The number of nitrogens with zero attached hydrogens (tertiary/aromatic N) is 3. The van der Waals surface area contributed by atoms with E-state index in [1.54, 1.807) is 10.9 Å². The fourth-order valence-corrected chi connectivity index (χ4v) is 1.01. The molecule has 0 fully saturated rings. The van der Waals surface area contributed by atoms with Crippen molar-refractivity contribution in [3.8, 4) is 0 Å². The zero-order valence-electron chi connectivity index (χ0n) is 7.71. The van der Waals surface area contributed by atoms with Crippen molar-refractivity contribution in [1.82, 2.24) is 14.7 Å². The third-order valence-electron chi connectivity index (χ3n) is 1.31. The molecule has 5 heteroatoms. The molecule has 1 aromatic rings. The predicted octanol–water partition coefficient (Wildman–Crippen LogP) is -1.99. The van der Waals surface area contributed by atoms with Crippen LogP contribution in [0.15, 0.2) is 10.7 Å². The molecule has 3 nitrogen and oxygen atoms in total. The third-order valence-corrected chi connectivity index (χ3v) is 1.69. The molecule has 0 saturated carbocycles. The van der Waals surface area contributed by atoms with Crippen LogP contribution in [0.1, 0.15) is 0 Å². The predicted molar refractivity (Wildman–Crippen MR) is 47.3 cm³/mol. The SMILES string of the molecule is CN(C)CCn1[c-]c(Br)cn1.[Li+]. The molecule has 1 aromatic heterocycles. The fourth-order valence-electron chi connectivity index (χ4n) is 0.710. The molecule has 0 bridgehead atoms. The number of hydrogen-bond acceptors (Lipinski definition) is 2. The third kappa shape index (κ3) is 4.32. The van der Waals surface area contributed by atoms with Crippen LogP contribution in [-0.2, 0) is 6.54 Å². The summed E-state index contributed by atoms with van der Waals surface area (Å²) >= 11 is 3.29. The molecule has 0 unspecified atom stereocenters. The maximum atomic E-state index is 4.08. The van der Waals surface area contributed by atoms with Gasteiger partial charge in [0.1, 0.15) is 0 Å². The summed E-state index contributed by atoms with van der Waals surface area (Å²) in [6.07, 6.45) is 4.77. The van der Waals surface area contributed by atoms with E-state index in [0.717, 1.165) is 17.6 Å². The Labute approximate surface area is 93.4 Å². The Bertz CT molecular complexity index is 224. The minimum atomic E-state index is 0. The van der Waals surface area contributed by atoms with E-state index < -0.39 is 0 Å². The average Bonchev–Trinajstić information content (AvgIpc) is 2.31. The van der Waals surface area contributed by atoms with Gasteiger partial charge >= 0.3 is 18.9 Å². The van der Waals surface area contributed by atoms with Gasteiger partial charge in [-0.05, 0) is 14.1 Å². The molecule has 62 valence electrons. The van der Waals surface area contributed by atoms with Crippen LogP contribution in [0.4, 0.5) is 0 Å². The first-order valence-electron chi connectivity index (χ1n) is 3.44. The van der Waals surface area contributed by atoms with E-state index >= 15 is 0 Å². The van der Waals surface area contributed by atoms with Gasteiger partial charge in [0.25, 0.3) is 0 Å². The molecule has 1 rings (SSSR count). The van der Waals surface area contributed by atoms with Crippen molar-refractivity contribution in [2.24, 2.45) is 0 Å². The summed E-state index contributed by atoms with van der Waals surface area (Å²) in [5.74, 6) is 0. The molecule has 0 N–H and O–H groups in total. The molecule has 0 aromatic carbocycles. The van der Waals surface area contributed by atoms with Gasteiger partial charge in [0.05, 0.1) is 0 Å². The molecule has 0 aliphatic rings. The van der Waals surface area contributed by atoms with Crippen molar-refractivity contribution in [2.45, 2.75) is 6.54 Å². The van der Waals surface area contributed by atoms with Gasteiger partial charge in [0.15, 0.2) is 0 Å². The van der Waals surface area contributed by atoms with Crippen molar-refractivity contribution in [3.63, 3.8) is 0 Å². The van der Waals surface area contributed by atoms with Gasteiger partial charge in [0, 0.05) is 13.1 Å². The van der Waals surface area contributed by atoms with Crippen molar-refractivity contribution in [3.05, 3.63) is 16.9 Å². The van der Waals surface area contributed by atoms with Gasteiger partial charge in [-0.25, -0.2) is 0 Å². The van der Waals surface area contributed by atoms with Gasteiger partial charge in [-0.3, -0.25) is 5.10 Å². The van der Waals surface area contributed by atoms with Gasteiger partial charge in [-0.2, -0.15) is 0 Å². The van der Waals surface area contributed by atoms with Crippen LogP contribution in [0, 0.1) is 6.20 Å². The van der Waals surface area contributed by atoms with Gasteiger partial charge in [-0.15, -0.1) is 10.7 Å². The van der Waals surface area contributed by atoms with E-state index in [-0.39, 0.29) is 18.9 Å². The molecule has 0 aliphatic heterocycles. The van der Waals surface area contributed by atoms with Crippen molar-refractivity contribution < 1.29 is 18.9 Å². The zero-order chi connectivity index (χ0) is 8.27. The van der Waals surface area contributed by atoms with Crippen LogP contribution in [0.2, 0.25) is 0 Å². The molecule has 12 heavy (non-hydrogen) atoms. The summed E-state index contributed by atoms with van der Waals surface area (Å²) in [6, 6.07) is 0. The van der Waals surface area contributed by atoms with Crippen LogP contribution in [0.5, 0.6) is 0 Å². The van der Waals surface area contributed by atoms with Crippen LogP contribution >= 0.6 is 15.9 Å². The minimum Gasteiger partial charge on any atom is -0.374 e. The first-order valence-corrected chi connectivity index (χ1v) is 4.23. The maximum Gasteiger partial charge on any atom is 1.00 e. The number of rotatable bonds is 3. The topological polar surface area (TPSA) is 21.1 Å². The summed E-state index contributed by atoms with van der Waals surface area (Å²) in [5, 5.41) is 4.08. The van der Waals surface area contributed by atoms with E-state index in [0.29, 0.717) is 0 Å². The largest absolute Gasteiger partial charge is 1.00 e. The van der Waals surface area contributed by atoms with E-state index in [2.05, 4.69) is 32.1 Å². The van der Waals surface area contributed by atoms with Gasteiger partial charge in [0.2, 0.25) is 0 Å². The maximum absolute atomic E-state index is 4.08. The fraction of sp³-hybridized carbons (Fsp3) is 0.571. The molecule has 0 radical (unpaired) electrons. The molecule has 0 aliphatic carbocycles. The van der Waals surface area contributed by atoms with Crippen LogP contribution in [-0.4, -0.2) is 35.3 Å². The second-order valence-electron chi connectivity index (χ2n) is 2.63. The Balaban J connectivity index is 0.00000121. The van der Waals surface area contributed by atoms with Crippen LogP contribution < -0.4 is 18.9 Å². The van der Waals surface area contributed by atoms with Crippen LogP contribution in [0.25, 0.3) is 0 Å². The molecule has 1 heterocycles. The van der Waals surface area contributed by atoms with Gasteiger partial charge < -0.3 is 9.58 Å². The van der Waals surface area contributed by atoms with E-state index in [9.17, 15) is 0 Å². The normalized spacial score (nSPS) is 10.0. The molecule has 0 atom stereocenters. The summed E-state index contributed by atoms with van der Waals surface area (Å²) in [5.41, 5.74) is 0. The van der Waals surface area contributed by atoms with E-state index in [1.165, 1.54) is 0 Å². The molecule has 0 saturated heterocycles. The Kier molecular flexibility index (Phi) is 5.94. The first-order chi connectivity index (χ1) is 5.18. The minimum absolute atomic E-state index is 0. The van der Waals surface area contributed by atoms with Crippen LogP contribution in [0.3, 0.4) is 0 Å². The van der Waals surface area contributed by atoms with Crippen molar-refractivity contribution in [2.75, 3.05) is 20.6 Å². The summed E-state index contributed by atoms with van der Waals surface area (Å²) in [7, 11) is 4.08. The average molecular weight is 224 g/mol. The standard InChI is InChI=1S/C7H11BrN3.Li/c1-10(2)3-4-11-6-7(8)5-9-11;/h5H,3-4H2,1-2H3;/q-1;+1. The first kappa shape index (κ1) is 12.2. The summed E-state index contributed by atoms with van der Waals surface area (Å²) < 4.78 is 2.71. The number of hydrogen-bond donors (Lipinski definition) is 0. The Morgan fingerprint density at radius 1 is 1.67 bits per heavy atom. The molecular weight excluding hydrogens is 213 g/mol. The van der Waals surface area contributed by atoms with Crippen molar-refractivity contribution >= 4 is 15.9 Å². The zero-order valence-corrected chi connectivity index (χ0v) is 9.30. The molecule has 0 amide bonds. The number of halogens is 1. The summed E-state index contributed by atoms with van der Waals surface area (Å²) in [4.78, 5) is 2.11. The molecule has 0 spiro atoms.